The fraction of sp³-hybridized carbons (Fsp3) is 0.565. The number of hydrogen-bond acceptors (Lipinski definition) is 6. The molecule has 10 nitrogen and oxygen atoms in total. The van der Waals surface area contributed by atoms with Gasteiger partial charge in [0.25, 0.3) is 12.3 Å². The number of anilines is 1. The second kappa shape index (κ2) is 9.50. The lowest BCUT2D eigenvalue weighted by Gasteiger charge is -2.29. The van der Waals surface area contributed by atoms with Crippen LogP contribution in [0, 0.1) is 5.92 Å². The molecule has 4 heterocycles. The van der Waals surface area contributed by atoms with E-state index in [0.717, 1.165) is 25.7 Å². The Morgan fingerprint density at radius 1 is 1.31 bits per heavy atom. The molecule has 0 radical (unpaired) electrons. The molecule has 3 aromatic heterocycles. The van der Waals surface area contributed by atoms with Gasteiger partial charge < -0.3 is 20.5 Å². The molecule has 5 rings (SSSR count). The third kappa shape index (κ3) is 4.47. The predicted octanol–water partition coefficient (Wildman–Crippen LogP) is 1.79. The van der Waals surface area contributed by atoms with E-state index in [1.165, 1.54) is 10.9 Å². The first-order valence-electron chi connectivity index (χ1n) is 11.9. The van der Waals surface area contributed by atoms with Crippen LogP contribution in [0.15, 0.2) is 24.7 Å². The number of fused-ring (bicyclic) bond motifs is 1. The number of aromatic nitrogens is 5. The van der Waals surface area contributed by atoms with E-state index < -0.39 is 12.3 Å². The molecule has 0 spiro atoms. The van der Waals surface area contributed by atoms with Gasteiger partial charge in [-0.15, -0.1) is 4.52 Å². The molecule has 1 aliphatic heterocycles. The molecule has 1 atom stereocenters. The van der Waals surface area contributed by atoms with E-state index in [-0.39, 0.29) is 47.3 Å². The molecule has 1 aliphatic carbocycles. The van der Waals surface area contributed by atoms with Crippen molar-refractivity contribution in [3.8, 4) is 5.69 Å². The summed E-state index contributed by atoms with van der Waals surface area (Å²) in [7, 11) is 0. The molecule has 2 aliphatic rings. The molecule has 2 fully saturated rings. The van der Waals surface area contributed by atoms with Crippen LogP contribution in [0.25, 0.3) is 11.3 Å². The largest absolute Gasteiger partial charge is 0.396 e. The standard InChI is InChI=1S/C23H29F2N7O3/c1-14-10-29(8-9-35-14)19-6-7-31-23(27-19)17(22(26)34)11-32(31)18-12-30(28-20(18)21(24)25)16-4-2-15(13-33)3-5-16/h6-7,11-12,14-16,21,33H,2-5,8-10,13H2,1H3,(H-,26,34)/p+1/t14-,15?,16?/m1/s1. The minimum atomic E-state index is -2.81. The Morgan fingerprint density at radius 3 is 2.74 bits per heavy atom. The number of halogens is 2. The number of primary amides is 1. The number of carbonyl (C=O) groups is 1. The lowest BCUT2D eigenvalue weighted by atomic mass is 9.87. The van der Waals surface area contributed by atoms with Gasteiger partial charge in [0.2, 0.25) is 5.82 Å². The molecular weight excluding hydrogens is 460 g/mol. The third-order valence-corrected chi connectivity index (χ3v) is 7.00. The van der Waals surface area contributed by atoms with E-state index in [1.807, 2.05) is 6.92 Å². The Labute approximate surface area is 200 Å². The normalized spacial score (nSPS) is 23.3. The maximum Gasteiger partial charge on any atom is 0.363 e. The minimum absolute atomic E-state index is 0.0282. The van der Waals surface area contributed by atoms with E-state index in [0.29, 0.717) is 25.5 Å². The number of amides is 1. The van der Waals surface area contributed by atoms with Crippen LogP contribution in [0.1, 0.15) is 61.1 Å². The van der Waals surface area contributed by atoms with Crippen LogP contribution >= 0.6 is 0 Å². The van der Waals surface area contributed by atoms with Gasteiger partial charge in [-0.05, 0) is 43.5 Å². The molecule has 1 saturated heterocycles. The smallest absolute Gasteiger partial charge is 0.363 e. The number of nitrogens with two attached hydrogens (primary N) is 1. The van der Waals surface area contributed by atoms with Crippen molar-refractivity contribution in [3.05, 3.63) is 35.9 Å². The summed E-state index contributed by atoms with van der Waals surface area (Å²) in [5.74, 6) is 0.202. The molecular formula is C23H30F2N7O3+. The van der Waals surface area contributed by atoms with Crippen molar-refractivity contribution in [3.63, 3.8) is 0 Å². The molecule has 1 saturated carbocycles. The van der Waals surface area contributed by atoms with Gasteiger partial charge in [0.05, 0.1) is 31.1 Å². The fourth-order valence-electron chi connectivity index (χ4n) is 5.07. The van der Waals surface area contributed by atoms with E-state index in [1.54, 1.807) is 27.7 Å². The summed E-state index contributed by atoms with van der Waals surface area (Å²) < 4.78 is 38.3. The Bertz CT molecular complexity index is 1220. The van der Waals surface area contributed by atoms with Gasteiger partial charge in [0.15, 0.2) is 11.3 Å². The quantitative estimate of drug-likeness (QED) is 0.509. The van der Waals surface area contributed by atoms with Crippen LogP contribution in [0.3, 0.4) is 0 Å². The van der Waals surface area contributed by atoms with E-state index in [4.69, 9.17) is 10.5 Å². The SMILES string of the molecule is C[C@@H]1CN(c2cc[n+]3c(n2)c(C(N)=O)cn3-c2cn(C3CCC(CO)CC3)nc2C(F)F)CCO1. The van der Waals surface area contributed by atoms with Crippen molar-refractivity contribution < 1.29 is 27.9 Å². The summed E-state index contributed by atoms with van der Waals surface area (Å²) in [4.78, 5) is 19.0. The molecule has 3 N–H and O–H groups in total. The number of alkyl halides is 2. The lowest BCUT2D eigenvalue weighted by Crippen LogP contribution is -2.42. The number of ether oxygens (including phenoxy) is 1. The maximum absolute atomic E-state index is 14.1. The van der Waals surface area contributed by atoms with Gasteiger partial charge in [0.1, 0.15) is 11.9 Å². The third-order valence-electron chi connectivity index (χ3n) is 7.00. The Morgan fingerprint density at radius 2 is 2.09 bits per heavy atom. The molecule has 35 heavy (non-hydrogen) atoms. The highest BCUT2D eigenvalue weighted by Gasteiger charge is 2.31. The summed E-state index contributed by atoms with van der Waals surface area (Å²) in [6, 6.07) is 1.76. The summed E-state index contributed by atoms with van der Waals surface area (Å²) in [5.41, 5.74) is 5.85. The number of rotatable bonds is 6. The zero-order valence-electron chi connectivity index (χ0n) is 19.6. The molecule has 1 amide bonds. The van der Waals surface area contributed by atoms with Crippen LogP contribution < -0.4 is 15.1 Å². The number of hydrogen-bond donors (Lipinski definition) is 2. The van der Waals surface area contributed by atoms with Crippen LogP contribution in [0.4, 0.5) is 14.6 Å². The summed E-state index contributed by atoms with van der Waals surface area (Å²) in [6.07, 6.45) is 5.11. The van der Waals surface area contributed by atoms with Crippen molar-refractivity contribution in [1.82, 2.24) is 19.4 Å². The van der Waals surface area contributed by atoms with Gasteiger partial charge >= 0.3 is 5.65 Å². The predicted molar refractivity (Wildman–Crippen MR) is 122 cm³/mol. The van der Waals surface area contributed by atoms with Crippen LogP contribution in [-0.2, 0) is 4.74 Å². The van der Waals surface area contributed by atoms with Crippen LogP contribution in [0.2, 0.25) is 0 Å². The van der Waals surface area contributed by atoms with Crippen molar-refractivity contribution in [2.75, 3.05) is 31.2 Å². The monoisotopic (exact) mass is 490 g/mol. The lowest BCUT2D eigenvalue weighted by molar-refractivity contribution is -0.600. The average Bonchev–Trinajstić information content (AvgIpc) is 3.46. The first kappa shape index (κ1) is 23.6. The highest BCUT2D eigenvalue weighted by molar-refractivity contribution is 5.97. The topological polar surface area (TPSA) is 116 Å². The number of aliphatic hydroxyl groups excluding tert-OH is 1. The van der Waals surface area contributed by atoms with Crippen LogP contribution in [0.5, 0.6) is 0 Å². The van der Waals surface area contributed by atoms with Crippen molar-refractivity contribution >= 4 is 17.4 Å². The second-order valence-electron chi connectivity index (χ2n) is 9.37. The zero-order chi connectivity index (χ0) is 24.7. The number of nitrogens with zero attached hydrogens (tertiary/aromatic N) is 6. The molecule has 12 heteroatoms. The van der Waals surface area contributed by atoms with Gasteiger partial charge in [-0.25, -0.2) is 8.78 Å². The molecule has 0 unspecified atom stereocenters. The summed E-state index contributed by atoms with van der Waals surface area (Å²) in [5, 5.41) is 13.6. The summed E-state index contributed by atoms with van der Waals surface area (Å²) in [6.45, 7) is 3.98. The van der Waals surface area contributed by atoms with Crippen molar-refractivity contribution in [2.24, 2.45) is 11.7 Å². The van der Waals surface area contributed by atoms with Gasteiger partial charge in [-0.3, -0.25) is 9.48 Å². The molecule has 0 bridgehead atoms. The minimum Gasteiger partial charge on any atom is -0.396 e. The molecule has 188 valence electrons. The number of morpholine rings is 1. The van der Waals surface area contributed by atoms with E-state index in [2.05, 4.69) is 15.0 Å². The van der Waals surface area contributed by atoms with Gasteiger partial charge in [-0.1, -0.05) is 0 Å². The molecule has 3 aromatic rings. The average molecular weight is 491 g/mol. The Kier molecular flexibility index (Phi) is 6.41. The fourth-order valence-corrected chi connectivity index (χ4v) is 5.07. The second-order valence-corrected chi connectivity index (χ2v) is 9.37. The van der Waals surface area contributed by atoms with Gasteiger partial charge in [-0.2, -0.15) is 9.78 Å². The highest BCUT2D eigenvalue weighted by Crippen LogP contribution is 2.34. The van der Waals surface area contributed by atoms with E-state index in [9.17, 15) is 18.7 Å². The zero-order valence-corrected chi connectivity index (χ0v) is 19.6. The number of carbonyl (C=O) groups excluding carboxylic acids is 1. The Hall–Kier alpha value is -3.12. The van der Waals surface area contributed by atoms with Crippen molar-refractivity contribution in [1.29, 1.82) is 0 Å². The van der Waals surface area contributed by atoms with Crippen molar-refractivity contribution in [2.45, 2.75) is 51.2 Å². The Balaban J connectivity index is 1.56. The van der Waals surface area contributed by atoms with Gasteiger partial charge in [0, 0.05) is 25.8 Å². The maximum atomic E-state index is 14.1. The molecule has 0 aromatic carbocycles. The first-order valence-corrected chi connectivity index (χ1v) is 11.9. The first-order chi connectivity index (χ1) is 16.9. The number of aliphatic hydroxyl groups is 1. The highest BCUT2D eigenvalue weighted by atomic mass is 19.3. The summed E-state index contributed by atoms with van der Waals surface area (Å²) >= 11 is 0. The van der Waals surface area contributed by atoms with E-state index >= 15 is 0 Å². The van der Waals surface area contributed by atoms with Crippen LogP contribution in [-0.4, -0.2) is 62.9 Å².